The Hall–Kier alpha value is -0.390. The zero-order valence-corrected chi connectivity index (χ0v) is 15.1. The Morgan fingerprint density at radius 3 is 2.71 bits per heavy atom. The summed E-state index contributed by atoms with van der Waals surface area (Å²) >= 11 is 2.40. The normalized spacial score (nSPS) is 28.2. The number of rotatable bonds is 6. The number of halogens is 1. The molecule has 0 amide bonds. The molecule has 1 aromatic carbocycles. The lowest BCUT2D eigenvalue weighted by Crippen LogP contribution is -2.51. The quantitative estimate of drug-likeness (QED) is 0.389. The van der Waals surface area contributed by atoms with E-state index in [-0.39, 0.29) is 23.7 Å². The Morgan fingerprint density at radius 1 is 1.38 bits per heavy atom. The van der Waals surface area contributed by atoms with Crippen LogP contribution < -0.4 is 0 Å². The van der Waals surface area contributed by atoms with Crippen LogP contribution in [0.5, 0.6) is 0 Å². The van der Waals surface area contributed by atoms with Crippen molar-refractivity contribution < 1.29 is 9.47 Å². The predicted molar refractivity (Wildman–Crippen MR) is 95.8 cm³/mol. The molecule has 2 rings (SSSR count). The number of hydrogen-bond acceptors (Lipinski definition) is 2. The van der Waals surface area contributed by atoms with Gasteiger partial charge in [-0.25, -0.2) is 0 Å². The van der Waals surface area contributed by atoms with Gasteiger partial charge >= 0.3 is 0 Å². The summed E-state index contributed by atoms with van der Waals surface area (Å²) in [7, 11) is 0. The summed E-state index contributed by atoms with van der Waals surface area (Å²) in [6.45, 7) is 9.04. The minimum Gasteiger partial charge on any atom is -0.373 e. The van der Waals surface area contributed by atoms with Crippen LogP contribution in [-0.4, -0.2) is 22.7 Å². The molecule has 1 heterocycles. The van der Waals surface area contributed by atoms with Crippen molar-refractivity contribution in [1.82, 2.24) is 0 Å². The summed E-state index contributed by atoms with van der Waals surface area (Å²) < 4.78 is 13.5. The van der Waals surface area contributed by atoms with E-state index < -0.39 is 0 Å². The van der Waals surface area contributed by atoms with Gasteiger partial charge in [0.2, 0.25) is 0 Å². The summed E-state index contributed by atoms with van der Waals surface area (Å²) in [6.07, 6.45) is 4.49. The van der Waals surface area contributed by atoms with Crippen LogP contribution in [-0.2, 0) is 16.1 Å². The Morgan fingerprint density at radius 2 is 2.10 bits per heavy atom. The first kappa shape index (κ1) is 17.0. The summed E-state index contributed by atoms with van der Waals surface area (Å²) in [4.78, 5) is 0. The van der Waals surface area contributed by atoms with Crippen LogP contribution in [0.15, 0.2) is 43.0 Å². The number of ether oxygens (including phenoxy) is 2. The molecule has 3 heteroatoms. The summed E-state index contributed by atoms with van der Waals surface area (Å²) in [5.74, 6) is 0. The summed E-state index contributed by atoms with van der Waals surface area (Å²) in [5, 5.41) is 0. The molecule has 0 saturated carbocycles. The minimum atomic E-state index is 0.00524. The first-order chi connectivity index (χ1) is 10.1. The molecule has 2 nitrogen and oxygen atoms in total. The van der Waals surface area contributed by atoms with Crippen molar-refractivity contribution in [3.05, 3.63) is 48.6 Å². The van der Waals surface area contributed by atoms with Gasteiger partial charge in [-0.05, 0) is 12.0 Å². The smallest absolute Gasteiger partial charge is 0.0720 e. The van der Waals surface area contributed by atoms with E-state index in [1.807, 2.05) is 12.1 Å². The van der Waals surface area contributed by atoms with Crippen molar-refractivity contribution in [3.8, 4) is 0 Å². The highest BCUT2D eigenvalue weighted by Crippen LogP contribution is 2.40. The number of benzene rings is 1. The van der Waals surface area contributed by atoms with Crippen LogP contribution >= 0.6 is 22.6 Å². The number of hydrogen-bond donors (Lipinski definition) is 0. The molecular formula is C18H25IO2. The average molecular weight is 400 g/mol. The third kappa shape index (κ3) is 4.30. The molecule has 0 unspecified atom stereocenters. The Labute approximate surface area is 142 Å². The molecule has 3 atom stereocenters. The fourth-order valence-corrected chi connectivity index (χ4v) is 3.44. The van der Waals surface area contributed by atoms with Crippen molar-refractivity contribution >= 4 is 22.6 Å². The SMILES string of the molecule is C=CC[C@H]1O[C@H](CI)C[C@@H](OCc2ccccc2)C1(C)C. The monoisotopic (exact) mass is 400 g/mol. The lowest BCUT2D eigenvalue weighted by Gasteiger charge is -2.47. The molecular weight excluding hydrogens is 375 g/mol. The summed E-state index contributed by atoms with van der Waals surface area (Å²) in [5.41, 5.74) is 1.23. The fourth-order valence-electron chi connectivity index (χ4n) is 2.88. The minimum absolute atomic E-state index is 0.00524. The highest BCUT2D eigenvalue weighted by molar-refractivity contribution is 14.1. The van der Waals surface area contributed by atoms with Crippen molar-refractivity contribution in [2.24, 2.45) is 5.41 Å². The number of alkyl halides is 1. The first-order valence-electron chi connectivity index (χ1n) is 7.55. The predicted octanol–water partition coefficient (Wildman–Crippen LogP) is 4.77. The van der Waals surface area contributed by atoms with E-state index in [1.54, 1.807) is 0 Å². The van der Waals surface area contributed by atoms with Crippen LogP contribution in [0, 0.1) is 5.41 Å². The first-order valence-corrected chi connectivity index (χ1v) is 9.08. The molecule has 1 fully saturated rings. The second-order valence-electron chi connectivity index (χ2n) is 6.27. The van der Waals surface area contributed by atoms with E-state index in [1.165, 1.54) is 5.56 Å². The Balaban J connectivity index is 2.05. The third-order valence-electron chi connectivity index (χ3n) is 4.34. The van der Waals surface area contributed by atoms with Crippen LogP contribution in [0.2, 0.25) is 0 Å². The molecule has 1 aromatic rings. The molecule has 0 spiro atoms. The lowest BCUT2D eigenvalue weighted by atomic mass is 9.75. The van der Waals surface area contributed by atoms with Crippen molar-refractivity contribution in [2.45, 2.75) is 51.6 Å². The van der Waals surface area contributed by atoms with Crippen LogP contribution in [0.4, 0.5) is 0 Å². The molecule has 0 bridgehead atoms. The van der Waals surface area contributed by atoms with Gasteiger partial charge < -0.3 is 9.47 Å². The zero-order chi connectivity index (χ0) is 15.3. The van der Waals surface area contributed by atoms with Crippen LogP contribution in [0.1, 0.15) is 32.3 Å². The highest BCUT2D eigenvalue weighted by atomic mass is 127. The second kappa shape index (κ2) is 7.75. The van der Waals surface area contributed by atoms with Crippen molar-refractivity contribution in [3.63, 3.8) is 0 Å². The molecule has 1 aliphatic heterocycles. The summed E-state index contributed by atoms with van der Waals surface area (Å²) in [6, 6.07) is 10.4. The van der Waals surface area contributed by atoms with E-state index in [9.17, 15) is 0 Å². The van der Waals surface area contributed by atoms with Gasteiger partial charge in [-0.2, -0.15) is 0 Å². The van der Waals surface area contributed by atoms with Gasteiger partial charge in [0.25, 0.3) is 0 Å². The Kier molecular flexibility index (Phi) is 6.26. The fraction of sp³-hybridized carbons (Fsp3) is 0.556. The van der Waals surface area contributed by atoms with Crippen molar-refractivity contribution in [1.29, 1.82) is 0 Å². The second-order valence-corrected chi connectivity index (χ2v) is 7.15. The van der Waals surface area contributed by atoms with E-state index in [0.29, 0.717) is 6.61 Å². The molecule has 0 aliphatic carbocycles. The standard InChI is InChI=1S/C18H25IO2/c1-4-8-16-18(2,3)17(11-15(12-19)21-16)20-13-14-9-6-5-7-10-14/h4-7,9-10,15-17H,1,8,11-13H2,2-3H3/t15-,16+,17+/m0/s1. The molecule has 0 aromatic heterocycles. The van der Waals surface area contributed by atoms with Gasteiger partial charge in [-0.15, -0.1) is 6.58 Å². The maximum Gasteiger partial charge on any atom is 0.0720 e. The van der Waals surface area contributed by atoms with Gasteiger partial charge in [-0.3, -0.25) is 0 Å². The van der Waals surface area contributed by atoms with E-state index in [4.69, 9.17) is 9.47 Å². The largest absolute Gasteiger partial charge is 0.373 e. The molecule has 1 saturated heterocycles. The van der Waals surface area contributed by atoms with E-state index in [0.717, 1.165) is 17.3 Å². The molecule has 21 heavy (non-hydrogen) atoms. The molecule has 0 N–H and O–H groups in total. The van der Waals surface area contributed by atoms with Gasteiger partial charge in [0.1, 0.15) is 0 Å². The van der Waals surface area contributed by atoms with Gasteiger partial charge in [-0.1, -0.05) is 72.8 Å². The van der Waals surface area contributed by atoms with Crippen LogP contribution in [0.3, 0.4) is 0 Å². The maximum absolute atomic E-state index is 6.28. The Bertz CT molecular complexity index is 444. The molecule has 0 radical (unpaired) electrons. The van der Waals surface area contributed by atoms with E-state index >= 15 is 0 Å². The van der Waals surface area contributed by atoms with Gasteiger partial charge in [0.05, 0.1) is 24.9 Å². The van der Waals surface area contributed by atoms with Gasteiger partial charge in [0, 0.05) is 16.3 Å². The highest BCUT2D eigenvalue weighted by Gasteiger charge is 2.44. The maximum atomic E-state index is 6.28. The topological polar surface area (TPSA) is 18.5 Å². The van der Waals surface area contributed by atoms with Crippen molar-refractivity contribution in [2.75, 3.05) is 4.43 Å². The van der Waals surface area contributed by atoms with Crippen LogP contribution in [0.25, 0.3) is 0 Å². The lowest BCUT2D eigenvalue weighted by molar-refractivity contribution is -0.185. The average Bonchev–Trinajstić information content (AvgIpc) is 2.49. The van der Waals surface area contributed by atoms with E-state index in [2.05, 4.69) is 67.3 Å². The molecule has 116 valence electrons. The third-order valence-corrected chi connectivity index (χ3v) is 5.32. The zero-order valence-electron chi connectivity index (χ0n) is 12.9. The molecule has 1 aliphatic rings. The van der Waals surface area contributed by atoms with Gasteiger partial charge in [0.15, 0.2) is 0 Å².